The second-order valence-electron chi connectivity index (χ2n) is 6.52. The molecule has 22 heavy (non-hydrogen) atoms. The SMILES string of the molecule is CC(C)(C)OC(=O)N1CCCC[C@@H]1C[S@@](=O)c1ccncc1. The predicted octanol–water partition coefficient (Wildman–Crippen LogP) is 2.98. The molecular formula is C16H24N2O3S. The highest BCUT2D eigenvalue weighted by Crippen LogP contribution is 2.22. The molecule has 1 aromatic heterocycles. The molecule has 0 spiro atoms. The Bertz CT molecular complexity index is 528. The number of rotatable bonds is 3. The Morgan fingerprint density at radius 1 is 1.36 bits per heavy atom. The Balaban J connectivity index is 2.04. The molecule has 0 aromatic carbocycles. The van der Waals surface area contributed by atoms with Crippen LogP contribution >= 0.6 is 0 Å². The Hall–Kier alpha value is -1.43. The van der Waals surface area contributed by atoms with Crippen molar-refractivity contribution >= 4 is 16.9 Å². The minimum Gasteiger partial charge on any atom is -0.444 e. The van der Waals surface area contributed by atoms with E-state index in [-0.39, 0.29) is 12.1 Å². The van der Waals surface area contributed by atoms with E-state index < -0.39 is 16.4 Å². The van der Waals surface area contributed by atoms with Gasteiger partial charge in [0, 0.05) is 35.6 Å². The first kappa shape index (κ1) is 16.9. The summed E-state index contributed by atoms with van der Waals surface area (Å²) in [5.74, 6) is 0.448. The van der Waals surface area contributed by atoms with Gasteiger partial charge in [-0.3, -0.25) is 9.19 Å². The van der Waals surface area contributed by atoms with Gasteiger partial charge in [0.15, 0.2) is 0 Å². The number of aromatic nitrogens is 1. The Morgan fingerprint density at radius 2 is 2.05 bits per heavy atom. The molecule has 2 rings (SSSR count). The molecule has 5 nitrogen and oxygen atoms in total. The summed E-state index contributed by atoms with van der Waals surface area (Å²) in [7, 11) is -1.13. The largest absolute Gasteiger partial charge is 0.444 e. The third kappa shape index (κ3) is 4.80. The van der Waals surface area contributed by atoms with Gasteiger partial charge in [0.2, 0.25) is 0 Å². The summed E-state index contributed by atoms with van der Waals surface area (Å²) in [4.78, 5) is 18.8. The Morgan fingerprint density at radius 3 is 2.68 bits per heavy atom. The fourth-order valence-electron chi connectivity index (χ4n) is 2.50. The van der Waals surface area contributed by atoms with Crippen LogP contribution in [0, 0.1) is 0 Å². The van der Waals surface area contributed by atoms with Crippen LogP contribution in [0.2, 0.25) is 0 Å². The van der Waals surface area contributed by atoms with Gasteiger partial charge >= 0.3 is 6.09 Å². The van der Waals surface area contributed by atoms with E-state index in [0.717, 1.165) is 24.2 Å². The summed E-state index contributed by atoms with van der Waals surface area (Å²) in [5.41, 5.74) is -0.511. The van der Waals surface area contributed by atoms with E-state index in [1.165, 1.54) is 0 Å². The van der Waals surface area contributed by atoms with Crippen LogP contribution in [0.3, 0.4) is 0 Å². The van der Waals surface area contributed by atoms with Gasteiger partial charge < -0.3 is 9.64 Å². The summed E-state index contributed by atoms with van der Waals surface area (Å²) >= 11 is 0. The van der Waals surface area contributed by atoms with Gasteiger partial charge in [0.05, 0.1) is 10.8 Å². The third-order valence-corrected chi connectivity index (χ3v) is 5.00. The summed E-state index contributed by atoms with van der Waals surface area (Å²) in [6.07, 6.45) is 5.87. The third-order valence-electron chi connectivity index (χ3n) is 3.51. The van der Waals surface area contributed by atoms with Crippen LogP contribution in [0.5, 0.6) is 0 Å². The van der Waals surface area contributed by atoms with Crippen LogP contribution in [0.15, 0.2) is 29.4 Å². The van der Waals surface area contributed by atoms with E-state index in [1.807, 2.05) is 20.8 Å². The molecule has 1 aliphatic rings. The molecule has 0 aliphatic carbocycles. The number of nitrogens with zero attached hydrogens (tertiary/aromatic N) is 2. The van der Waals surface area contributed by atoms with Crippen molar-refractivity contribution in [1.82, 2.24) is 9.88 Å². The zero-order valence-electron chi connectivity index (χ0n) is 13.4. The number of carbonyl (C=O) groups is 1. The molecule has 1 amide bonds. The second kappa shape index (κ2) is 7.22. The lowest BCUT2D eigenvalue weighted by molar-refractivity contribution is 0.0125. The molecule has 0 saturated carbocycles. The quantitative estimate of drug-likeness (QED) is 0.857. The van der Waals surface area contributed by atoms with Gasteiger partial charge in [-0.25, -0.2) is 4.79 Å². The molecule has 122 valence electrons. The van der Waals surface area contributed by atoms with Crippen molar-refractivity contribution < 1.29 is 13.7 Å². The van der Waals surface area contributed by atoms with Crippen molar-refractivity contribution in [2.75, 3.05) is 12.3 Å². The molecule has 2 atom stereocenters. The van der Waals surface area contributed by atoms with Gasteiger partial charge in [-0.05, 0) is 52.2 Å². The zero-order valence-corrected chi connectivity index (χ0v) is 14.3. The van der Waals surface area contributed by atoms with E-state index in [4.69, 9.17) is 4.74 Å². The molecule has 1 fully saturated rings. The minimum atomic E-state index is -1.13. The summed E-state index contributed by atoms with van der Waals surface area (Å²) in [5, 5.41) is 0. The number of amides is 1. The first-order valence-corrected chi connectivity index (χ1v) is 8.97. The van der Waals surface area contributed by atoms with Crippen molar-refractivity contribution in [3.8, 4) is 0 Å². The summed E-state index contributed by atoms with van der Waals surface area (Å²) < 4.78 is 17.9. The number of carbonyl (C=O) groups excluding carboxylic acids is 1. The van der Waals surface area contributed by atoms with Gasteiger partial charge in [-0.15, -0.1) is 0 Å². The number of hydrogen-bond donors (Lipinski definition) is 0. The number of hydrogen-bond acceptors (Lipinski definition) is 4. The first-order valence-electron chi connectivity index (χ1n) is 7.65. The number of piperidine rings is 1. The smallest absolute Gasteiger partial charge is 0.410 e. The maximum Gasteiger partial charge on any atom is 0.410 e. The normalized spacial score (nSPS) is 20.5. The molecule has 2 heterocycles. The van der Waals surface area contributed by atoms with E-state index in [2.05, 4.69) is 4.98 Å². The number of ether oxygens (including phenoxy) is 1. The average Bonchev–Trinajstić information content (AvgIpc) is 2.47. The second-order valence-corrected chi connectivity index (χ2v) is 8.01. The molecule has 1 aliphatic heterocycles. The van der Waals surface area contributed by atoms with Gasteiger partial charge in [0.25, 0.3) is 0 Å². The lowest BCUT2D eigenvalue weighted by atomic mass is 10.0. The van der Waals surface area contributed by atoms with Crippen LogP contribution in [-0.2, 0) is 15.5 Å². The van der Waals surface area contributed by atoms with Crippen LogP contribution < -0.4 is 0 Å². The molecular weight excluding hydrogens is 300 g/mol. The van der Waals surface area contributed by atoms with E-state index in [1.54, 1.807) is 29.4 Å². The lowest BCUT2D eigenvalue weighted by Gasteiger charge is -2.36. The van der Waals surface area contributed by atoms with Crippen LogP contribution in [0.25, 0.3) is 0 Å². The van der Waals surface area contributed by atoms with Crippen molar-refractivity contribution in [1.29, 1.82) is 0 Å². The van der Waals surface area contributed by atoms with E-state index >= 15 is 0 Å². The first-order chi connectivity index (χ1) is 10.4. The standard InChI is InChI=1S/C16H24N2O3S/c1-16(2,3)21-15(19)18-11-5-4-6-13(18)12-22(20)14-7-9-17-10-8-14/h7-10,13H,4-6,11-12H2,1-3H3/t13-,22-/m1/s1. The fourth-order valence-corrected chi connectivity index (χ4v) is 3.81. The molecule has 0 bridgehead atoms. The van der Waals surface area contributed by atoms with Crippen LogP contribution in [0.1, 0.15) is 40.0 Å². The Labute approximate surface area is 134 Å². The molecule has 6 heteroatoms. The van der Waals surface area contributed by atoms with E-state index in [0.29, 0.717) is 12.3 Å². The zero-order chi connectivity index (χ0) is 16.2. The van der Waals surface area contributed by atoms with Crippen LogP contribution in [0.4, 0.5) is 4.79 Å². The molecule has 0 N–H and O–H groups in total. The van der Waals surface area contributed by atoms with Crippen molar-refractivity contribution in [2.24, 2.45) is 0 Å². The van der Waals surface area contributed by atoms with Crippen molar-refractivity contribution in [3.05, 3.63) is 24.5 Å². The van der Waals surface area contributed by atoms with E-state index in [9.17, 15) is 9.00 Å². The number of pyridine rings is 1. The van der Waals surface area contributed by atoms with Crippen molar-refractivity contribution in [3.63, 3.8) is 0 Å². The monoisotopic (exact) mass is 324 g/mol. The highest BCUT2D eigenvalue weighted by molar-refractivity contribution is 7.85. The maximum absolute atomic E-state index is 12.5. The molecule has 0 unspecified atom stereocenters. The molecule has 1 saturated heterocycles. The highest BCUT2D eigenvalue weighted by Gasteiger charge is 2.31. The molecule has 1 aromatic rings. The fraction of sp³-hybridized carbons (Fsp3) is 0.625. The maximum atomic E-state index is 12.5. The summed E-state index contributed by atoms with van der Waals surface area (Å²) in [6.45, 7) is 6.25. The average molecular weight is 324 g/mol. The number of likely N-dealkylation sites (tertiary alicyclic amines) is 1. The lowest BCUT2D eigenvalue weighted by Crippen LogP contribution is -2.48. The minimum absolute atomic E-state index is 0.0300. The predicted molar refractivity (Wildman–Crippen MR) is 86.1 cm³/mol. The molecule has 0 radical (unpaired) electrons. The topological polar surface area (TPSA) is 59.5 Å². The van der Waals surface area contributed by atoms with Crippen LogP contribution in [-0.4, -0.2) is 44.1 Å². The highest BCUT2D eigenvalue weighted by atomic mass is 32.2. The van der Waals surface area contributed by atoms with Crippen molar-refractivity contribution in [2.45, 2.75) is 56.6 Å². The van der Waals surface area contributed by atoms with Gasteiger partial charge in [-0.2, -0.15) is 0 Å². The van der Waals surface area contributed by atoms with Gasteiger partial charge in [-0.1, -0.05) is 0 Å². The van der Waals surface area contributed by atoms with Gasteiger partial charge in [0.1, 0.15) is 5.60 Å². The Kier molecular flexibility index (Phi) is 5.56. The summed E-state index contributed by atoms with van der Waals surface area (Å²) in [6, 6.07) is 3.49.